The molecule has 9 aromatic carbocycles. The van der Waals surface area contributed by atoms with E-state index in [4.69, 9.17) is 0 Å². The van der Waals surface area contributed by atoms with Crippen molar-refractivity contribution in [1.82, 2.24) is 4.57 Å². The van der Waals surface area contributed by atoms with Crippen molar-refractivity contribution in [3.8, 4) is 39.1 Å². The molecule has 1 spiro atoms. The third kappa shape index (κ3) is 9.12. The quantitative estimate of drug-likeness (QED) is 0.102. The van der Waals surface area contributed by atoms with Crippen LogP contribution in [0.15, 0.2) is 158 Å². The molecule has 0 saturated carbocycles. The molecule has 10 aromatic rings. The molecule has 1 unspecified atom stereocenters. The first-order valence-electron chi connectivity index (χ1n) is 29.1. The zero-order valence-electron chi connectivity index (χ0n) is 47.3. The third-order valence-electron chi connectivity index (χ3n) is 17.5. The molecule has 0 saturated heterocycles. The lowest BCUT2D eigenvalue weighted by atomic mass is 9.69. The fourth-order valence-corrected chi connectivity index (χ4v) is 13.4. The maximum absolute atomic E-state index is 2.61. The predicted molar refractivity (Wildman–Crippen MR) is 329 cm³/mol. The zero-order valence-corrected chi connectivity index (χ0v) is 47.3. The van der Waals surface area contributed by atoms with E-state index in [1.807, 2.05) is 0 Å². The van der Waals surface area contributed by atoms with E-state index in [9.17, 15) is 0 Å². The van der Waals surface area contributed by atoms with Gasteiger partial charge in [-0.3, -0.25) is 0 Å². The van der Waals surface area contributed by atoms with Gasteiger partial charge >= 0.3 is 0 Å². The minimum Gasteiger partial charge on any atom is -0.309 e. The van der Waals surface area contributed by atoms with Crippen LogP contribution in [0.25, 0.3) is 71.6 Å². The molecule has 1 atom stereocenters. The number of rotatable bonds is 14. The summed E-state index contributed by atoms with van der Waals surface area (Å²) in [5.41, 5.74) is 30.0. The van der Waals surface area contributed by atoms with Gasteiger partial charge < -0.3 is 4.57 Å². The molecule has 1 heteroatoms. The molecular weight excluding hydrogens is 915 g/mol. The number of hydrogen-bond donors (Lipinski definition) is 0. The smallest absolute Gasteiger partial charge is 0.0726 e. The number of benzene rings is 9. The summed E-state index contributed by atoms with van der Waals surface area (Å²) in [7, 11) is 0. The molecule has 1 heterocycles. The van der Waals surface area contributed by atoms with Gasteiger partial charge in [-0.05, 0) is 217 Å². The van der Waals surface area contributed by atoms with Crippen molar-refractivity contribution in [3.63, 3.8) is 0 Å². The van der Waals surface area contributed by atoms with E-state index >= 15 is 0 Å². The number of nitrogens with zero attached hydrogens (tertiary/aromatic N) is 1. The van der Waals surface area contributed by atoms with Crippen LogP contribution in [0.2, 0.25) is 0 Å². The molecule has 0 radical (unpaired) electrons. The molecule has 76 heavy (non-hydrogen) atoms. The Hall–Kier alpha value is -6.96. The molecule has 384 valence electrons. The lowest BCUT2D eigenvalue weighted by Gasteiger charge is -2.31. The standard InChI is InChI=1S/C54H60.C21H19N/c1-8-12-15-38(11-4)29-43-32-42(33-48-37(7)26-36(6)27-49(43)48)41-21-25-47-44-22-18-35(5)28-50(44)54(53(47)34-41)51-30-39(16-13-9-2)19-23-45(51)46-24-20-40(17-14-10-3)31-52(46)54;1-14-4-8-17(9-5-14)22-20-10-6-15(2)12-18(20)19-13-16(3)7-11-21(19)22/h18-28,30-34,38H,8-17,29H2,1-7H3;4-13H,1-3H3. The summed E-state index contributed by atoms with van der Waals surface area (Å²) in [5.74, 6) is 0.709. The van der Waals surface area contributed by atoms with Crippen LogP contribution in [0.4, 0.5) is 0 Å². The Balaban J connectivity index is 0.000000232. The van der Waals surface area contributed by atoms with Crippen LogP contribution in [-0.2, 0) is 24.7 Å². The van der Waals surface area contributed by atoms with E-state index in [1.165, 1.54) is 195 Å². The molecule has 12 rings (SSSR count). The van der Waals surface area contributed by atoms with E-state index in [2.05, 4.69) is 232 Å². The first-order valence-corrected chi connectivity index (χ1v) is 29.1. The number of aryl methyl sites for hydroxylation is 8. The molecule has 1 nitrogen and oxygen atoms in total. The van der Waals surface area contributed by atoms with Gasteiger partial charge in [-0.2, -0.15) is 0 Å². The highest BCUT2D eigenvalue weighted by atomic mass is 15.0. The van der Waals surface area contributed by atoms with Crippen LogP contribution in [0.3, 0.4) is 0 Å². The maximum Gasteiger partial charge on any atom is 0.0726 e. The van der Waals surface area contributed by atoms with Gasteiger partial charge in [0.05, 0.1) is 16.4 Å². The van der Waals surface area contributed by atoms with Crippen LogP contribution < -0.4 is 0 Å². The summed E-state index contributed by atoms with van der Waals surface area (Å²) in [6, 6.07) is 61.8. The van der Waals surface area contributed by atoms with Gasteiger partial charge in [0, 0.05) is 16.5 Å². The molecular formula is C75H79N. The molecule has 2 aliphatic rings. The lowest BCUT2D eigenvalue weighted by Crippen LogP contribution is -2.26. The fourth-order valence-electron chi connectivity index (χ4n) is 13.4. The summed E-state index contributed by atoms with van der Waals surface area (Å²) in [6.07, 6.45) is 13.4. The Kier molecular flexibility index (Phi) is 14.3. The number of fused-ring (bicyclic) bond motifs is 14. The highest BCUT2D eigenvalue weighted by Crippen LogP contribution is 2.63. The Morgan fingerprint density at radius 3 is 1.47 bits per heavy atom. The lowest BCUT2D eigenvalue weighted by molar-refractivity contribution is 0.450. The summed E-state index contributed by atoms with van der Waals surface area (Å²) < 4.78 is 2.36. The average Bonchev–Trinajstić information content (AvgIpc) is 4.05. The van der Waals surface area contributed by atoms with Gasteiger partial charge in [-0.15, -0.1) is 0 Å². The van der Waals surface area contributed by atoms with E-state index < -0.39 is 0 Å². The van der Waals surface area contributed by atoms with Gasteiger partial charge in [-0.25, -0.2) is 0 Å². The average molecular weight is 994 g/mol. The number of hydrogen-bond acceptors (Lipinski definition) is 0. The van der Waals surface area contributed by atoms with Gasteiger partial charge in [0.15, 0.2) is 0 Å². The van der Waals surface area contributed by atoms with Crippen LogP contribution in [0, 0.1) is 47.5 Å². The summed E-state index contributed by atoms with van der Waals surface area (Å²) in [4.78, 5) is 0. The Morgan fingerprint density at radius 1 is 0.395 bits per heavy atom. The van der Waals surface area contributed by atoms with Crippen molar-refractivity contribution in [3.05, 3.63) is 230 Å². The molecule has 1 aromatic heterocycles. The molecule has 0 N–H and O–H groups in total. The number of aromatic nitrogens is 1. The SMILES string of the molecule is CCCCc1ccc2c(c1)C1(c3cc(C)ccc3-c3ccc(-c4cc(CC(CC)CCCC)c5cc(C)cc(C)c5c4)cc31)c1cc(CCCC)ccc1-2.Cc1ccc(-n2c3ccc(C)cc3c3cc(C)ccc32)cc1. The minimum atomic E-state index is -0.345. The van der Waals surface area contributed by atoms with E-state index in [0.717, 1.165) is 19.3 Å². The first-order chi connectivity index (χ1) is 36.9. The van der Waals surface area contributed by atoms with Crippen molar-refractivity contribution in [2.45, 2.75) is 145 Å². The van der Waals surface area contributed by atoms with E-state index in [1.54, 1.807) is 0 Å². The van der Waals surface area contributed by atoms with Crippen LogP contribution in [0.5, 0.6) is 0 Å². The highest BCUT2D eigenvalue weighted by molar-refractivity contribution is 6.10. The van der Waals surface area contributed by atoms with Crippen molar-refractivity contribution in [2.75, 3.05) is 0 Å². The monoisotopic (exact) mass is 994 g/mol. The Labute approximate surface area is 455 Å². The van der Waals surface area contributed by atoms with E-state index in [-0.39, 0.29) is 5.41 Å². The van der Waals surface area contributed by atoms with E-state index in [0.29, 0.717) is 5.92 Å². The molecule has 0 aliphatic heterocycles. The van der Waals surface area contributed by atoms with Crippen LogP contribution in [-0.4, -0.2) is 4.57 Å². The fraction of sp³-hybridized carbons (Fsp3) is 0.307. The van der Waals surface area contributed by atoms with Crippen LogP contribution >= 0.6 is 0 Å². The second-order valence-corrected chi connectivity index (χ2v) is 23.2. The summed E-state index contributed by atoms with van der Waals surface area (Å²) >= 11 is 0. The van der Waals surface area contributed by atoms with Gasteiger partial charge in [-0.1, -0.05) is 203 Å². The minimum absolute atomic E-state index is 0.345. The van der Waals surface area contributed by atoms with Gasteiger partial charge in [0.25, 0.3) is 0 Å². The second-order valence-electron chi connectivity index (χ2n) is 23.2. The maximum atomic E-state index is 2.61. The molecule has 0 bridgehead atoms. The second kappa shape index (κ2) is 21.2. The normalized spacial score (nSPS) is 13.2. The predicted octanol–water partition coefficient (Wildman–Crippen LogP) is 20.9. The zero-order chi connectivity index (χ0) is 52.8. The topological polar surface area (TPSA) is 4.93 Å². The number of unbranched alkanes of at least 4 members (excludes halogenated alkanes) is 3. The first kappa shape index (κ1) is 51.2. The van der Waals surface area contributed by atoms with Gasteiger partial charge in [0.2, 0.25) is 0 Å². The van der Waals surface area contributed by atoms with Crippen molar-refractivity contribution in [2.24, 2.45) is 5.92 Å². The van der Waals surface area contributed by atoms with Gasteiger partial charge in [0.1, 0.15) is 0 Å². The summed E-state index contributed by atoms with van der Waals surface area (Å²) in [5, 5.41) is 5.52. The van der Waals surface area contributed by atoms with Crippen molar-refractivity contribution in [1.29, 1.82) is 0 Å². The molecule has 0 amide bonds. The van der Waals surface area contributed by atoms with Crippen LogP contribution in [0.1, 0.15) is 151 Å². The highest BCUT2D eigenvalue weighted by Gasteiger charge is 2.52. The van der Waals surface area contributed by atoms with Crippen molar-refractivity contribution < 1.29 is 0 Å². The Morgan fingerprint density at radius 2 is 0.895 bits per heavy atom. The molecule has 0 fully saturated rings. The Bertz CT molecular complexity index is 3680. The molecule has 2 aliphatic carbocycles. The van der Waals surface area contributed by atoms with Crippen molar-refractivity contribution >= 4 is 32.6 Å². The summed E-state index contributed by atoms with van der Waals surface area (Å²) in [6.45, 7) is 22.6. The third-order valence-corrected chi connectivity index (χ3v) is 17.5. The largest absolute Gasteiger partial charge is 0.309 e.